The van der Waals surface area contributed by atoms with Crippen LogP contribution < -0.4 is 11.1 Å². The van der Waals surface area contributed by atoms with Crippen molar-refractivity contribution < 1.29 is 9.18 Å². The smallest absolute Gasteiger partial charge is 0.221 e. The van der Waals surface area contributed by atoms with Crippen molar-refractivity contribution in [2.45, 2.75) is 25.9 Å². The molecule has 1 aromatic carbocycles. The molecule has 2 heterocycles. The summed E-state index contributed by atoms with van der Waals surface area (Å²) in [4.78, 5) is 17.5. The highest BCUT2D eigenvalue weighted by Gasteiger charge is 2.23. The Hall–Kier alpha value is -2.47. The van der Waals surface area contributed by atoms with Crippen molar-refractivity contribution in [1.29, 1.82) is 0 Å². The number of nitrogens with two attached hydrogens (primary N) is 1. The Morgan fingerprint density at radius 1 is 1.28 bits per heavy atom. The van der Waals surface area contributed by atoms with E-state index < -0.39 is 5.95 Å². The van der Waals surface area contributed by atoms with Gasteiger partial charge in [0.15, 0.2) is 0 Å². The van der Waals surface area contributed by atoms with Crippen LogP contribution >= 0.6 is 0 Å². The van der Waals surface area contributed by atoms with Crippen LogP contribution in [0.1, 0.15) is 24.0 Å². The Morgan fingerprint density at radius 2 is 2.08 bits per heavy atom. The molecule has 2 aromatic rings. The molecule has 25 heavy (non-hydrogen) atoms. The van der Waals surface area contributed by atoms with Crippen LogP contribution in [-0.2, 0) is 17.9 Å². The number of rotatable bonds is 6. The Morgan fingerprint density at radius 3 is 2.88 bits per heavy atom. The number of benzene rings is 1. The number of piperidine rings is 1. The summed E-state index contributed by atoms with van der Waals surface area (Å²) in [5, 5.41) is 3.13. The molecular weight excluding hydrogens is 319 g/mol. The second-order valence-corrected chi connectivity index (χ2v) is 6.50. The van der Waals surface area contributed by atoms with Crippen molar-refractivity contribution in [2.24, 2.45) is 11.7 Å². The van der Waals surface area contributed by atoms with Crippen LogP contribution in [0.4, 0.5) is 10.2 Å². The van der Waals surface area contributed by atoms with Gasteiger partial charge in [0.05, 0.1) is 5.92 Å². The first-order valence-electron chi connectivity index (χ1n) is 8.56. The van der Waals surface area contributed by atoms with Gasteiger partial charge in [0.2, 0.25) is 11.9 Å². The summed E-state index contributed by atoms with van der Waals surface area (Å²) in [5.41, 5.74) is 7.74. The number of amides is 1. The fourth-order valence-corrected chi connectivity index (χ4v) is 3.23. The molecule has 1 atom stereocenters. The highest BCUT2D eigenvalue weighted by atomic mass is 19.1. The van der Waals surface area contributed by atoms with Crippen LogP contribution in [0, 0.1) is 11.9 Å². The van der Waals surface area contributed by atoms with Gasteiger partial charge in [-0.3, -0.25) is 9.69 Å². The third-order valence-electron chi connectivity index (χ3n) is 4.49. The normalized spacial score (nSPS) is 18.0. The summed E-state index contributed by atoms with van der Waals surface area (Å²) in [6.45, 7) is 3.09. The van der Waals surface area contributed by atoms with Crippen molar-refractivity contribution >= 4 is 11.7 Å². The molecular formula is C19H23FN4O. The molecule has 1 saturated heterocycles. The minimum atomic E-state index is -0.493. The molecule has 6 heteroatoms. The number of hydrogen-bond donors (Lipinski definition) is 2. The van der Waals surface area contributed by atoms with Crippen molar-refractivity contribution in [3.63, 3.8) is 0 Å². The van der Waals surface area contributed by atoms with Gasteiger partial charge in [-0.15, -0.1) is 0 Å². The molecule has 0 unspecified atom stereocenters. The molecule has 1 amide bonds. The van der Waals surface area contributed by atoms with Crippen molar-refractivity contribution in [3.8, 4) is 0 Å². The Balaban J connectivity index is 1.58. The quantitative estimate of drug-likeness (QED) is 0.792. The van der Waals surface area contributed by atoms with Gasteiger partial charge in [0.1, 0.15) is 5.82 Å². The van der Waals surface area contributed by atoms with E-state index in [4.69, 9.17) is 5.73 Å². The summed E-state index contributed by atoms with van der Waals surface area (Å²) in [5.74, 6) is -0.221. The standard InChI is InChI=1S/C19H23FN4O/c20-17-7-2-8-18(23-17)22-11-14-4-1-5-15(10-14)12-24-9-3-6-16(13-24)19(21)25/h1-2,4-5,7-8,10,16H,3,6,9,11-13H2,(H2,21,25)(H,22,23)/t16-/m1/s1. The van der Waals surface area contributed by atoms with Crippen LogP contribution in [0.15, 0.2) is 42.5 Å². The number of nitrogens with zero attached hydrogens (tertiary/aromatic N) is 2. The first kappa shape index (κ1) is 17.4. The third-order valence-corrected chi connectivity index (χ3v) is 4.49. The molecule has 1 aliphatic rings. The molecule has 0 bridgehead atoms. The van der Waals surface area contributed by atoms with Gasteiger partial charge >= 0.3 is 0 Å². The molecule has 0 aliphatic carbocycles. The number of hydrogen-bond acceptors (Lipinski definition) is 4. The minimum absolute atomic E-state index is 0.0438. The Bertz CT molecular complexity index is 737. The summed E-state index contributed by atoms with van der Waals surface area (Å²) in [7, 11) is 0. The Kier molecular flexibility index (Phi) is 5.60. The van der Waals surface area contributed by atoms with E-state index in [0.29, 0.717) is 12.4 Å². The van der Waals surface area contributed by atoms with Crippen LogP contribution in [0.2, 0.25) is 0 Å². The summed E-state index contributed by atoms with van der Waals surface area (Å²) in [6.07, 6.45) is 1.89. The molecule has 1 fully saturated rings. The first-order valence-corrected chi connectivity index (χ1v) is 8.56. The average molecular weight is 342 g/mol. The fourth-order valence-electron chi connectivity index (χ4n) is 3.23. The van der Waals surface area contributed by atoms with E-state index in [2.05, 4.69) is 27.3 Å². The number of anilines is 1. The maximum absolute atomic E-state index is 13.1. The number of pyridine rings is 1. The average Bonchev–Trinajstić information content (AvgIpc) is 2.61. The maximum Gasteiger partial charge on any atom is 0.221 e. The van der Waals surface area contributed by atoms with Gasteiger partial charge < -0.3 is 11.1 Å². The van der Waals surface area contributed by atoms with Crippen molar-refractivity contribution in [2.75, 3.05) is 18.4 Å². The number of carbonyl (C=O) groups excluding carboxylic acids is 1. The number of halogens is 1. The second kappa shape index (κ2) is 8.07. The van der Waals surface area contributed by atoms with E-state index in [1.165, 1.54) is 11.6 Å². The topological polar surface area (TPSA) is 71.2 Å². The SMILES string of the molecule is NC(=O)[C@@H]1CCCN(Cc2cccc(CNc3cccc(F)n3)c2)C1. The van der Waals surface area contributed by atoms with Gasteiger partial charge in [-0.1, -0.05) is 30.3 Å². The minimum Gasteiger partial charge on any atom is -0.369 e. The predicted molar refractivity (Wildman–Crippen MR) is 95.2 cm³/mol. The van der Waals surface area contributed by atoms with Gasteiger partial charge in [0.25, 0.3) is 0 Å². The monoisotopic (exact) mass is 342 g/mol. The predicted octanol–water partition coefficient (Wildman–Crippen LogP) is 2.53. The van der Waals surface area contributed by atoms with E-state index in [1.807, 2.05) is 12.1 Å². The number of carbonyl (C=O) groups is 1. The summed E-state index contributed by atoms with van der Waals surface area (Å²) in [6, 6.07) is 12.9. The lowest BCUT2D eigenvalue weighted by Crippen LogP contribution is -2.40. The third kappa shape index (κ3) is 5.00. The zero-order valence-electron chi connectivity index (χ0n) is 14.1. The molecule has 3 rings (SSSR count). The molecule has 1 aliphatic heterocycles. The molecule has 5 nitrogen and oxygen atoms in total. The highest BCUT2D eigenvalue weighted by molar-refractivity contribution is 5.76. The van der Waals surface area contributed by atoms with E-state index in [0.717, 1.165) is 38.0 Å². The van der Waals surface area contributed by atoms with Crippen molar-refractivity contribution in [3.05, 3.63) is 59.5 Å². The summed E-state index contributed by atoms with van der Waals surface area (Å²) >= 11 is 0. The molecule has 132 valence electrons. The van der Waals surface area contributed by atoms with Gasteiger partial charge in [-0.2, -0.15) is 4.39 Å². The molecule has 1 aromatic heterocycles. The lowest BCUT2D eigenvalue weighted by Gasteiger charge is -2.31. The molecule has 0 saturated carbocycles. The van der Waals surface area contributed by atoms with Crippen molar-refractivity contribution in [1.82, 2.24) is 9.88 Å². The van der Waals surface area contributed by atoms with E-state index >= 15 is 0 Å². The van der Waals surface area contributed by atoms with Gasteiger partial charge in [-0.25, -0.2) is 4.98 Å². The van der Waals surface area contributed by atoms with Gasteiger partial charge in [-0.05, 0) is 42.6 Å². The lowest BCUT2D eigenvalue weighted by molar-refractivity contribution is -0.123. The fraction of sp³-hybridized carbons (Fsp3) is 0.368. The zero-order chi connectivity index (χ0) is 17.6. The van der Waals surface area contributed by atoms with E-state index in [1.54, 1.807) is 12.1 Å². The molecule has 0 radical (unpaired) electrons. The molecule has 0 spiro atoms. The first-order chi connectivity index (χ1) is 12.1. The van der Waals surface area contributed by atoms with E-state index in [9.17, 15) is 9.18 Å². The van der Waals surface area contributed by atoms with Crippen LogP contribution in [0.25, 0.3) is 0 Å². The van der Waals surface area contributed by atoms with Crippen LogP contribution in [-0.4, -0.2) is 28.9 Å². The number of primary amides is 1. The number of nitrogens with one attached hydrogen (secondary N) is 1. The number of likely N-dealkylation sites (tertiary alicyclic amines) is 1. The highest BCUT2D eigenvalue weighted by Crippen LogP contribution is 2.19. The maximum atomic E-state index is 13.1. The number of aromatic nitrogens is 1. The summed E-state index contributed by atoms with van der Waals surface area (Å²) < 4.78 is 13.1. The lowest BCUT2D eigenvalue weighted by atomic mass is 9.97. The Labute approximate surface area is 147 Å². The van der Waals surface area contributed by atoms with Crippen LogP contribution in [0.5, 0.6) is 0 Å². The molecule has 3 N–H and O–H groups in total. The largest absolute Gasteiger partial charge is 0.369 e. The van der Waals surface area contributed by atoms with E-state index in [-0.39, 0.29) is 11.8 Å². The zero-order valence-corrected chi connectivity index (χ0v) is 14.1. The van der Waals surface area contributed by atoms with Crippen LogP contribution in [0.3, 0.4) is 0 Å². The second-order valence-electron chi connectivity index (χ2n) is 6.50. The van der Waals surface area contributed by atoms with Gasteiger partial charge in [0, 0.05) is 19.6 Å².